The van der Waals surface area contributed by atoms with Crippen molar-refractivity contribution in [1.29, 1.82) is 0 Å². The molecule has 0 atom stereocenters. The highest BCUT2D eigenvalue weighted by Crippen LogP contribution is 2.00. The number of hydrogen-bond donors (Lipinski definition) is 3. The van der Waals surface area contributed by atoms with Crippen LogP contribution in [0.4, 0.5) is 0 Å². The second-order valence-corrected chi connectivity index (χ2v) is 3.12. The lowest BCUT2D eigenvalue weighted by atomic mass is 10.2. The number of guanidine groups is 2. The lowest BCUT2D eigenvalue weighted by Crippen LogP contribution is -2.18. The molecule has 0 bridgehead atoms. The average molecular weight is 212 g/mol. The van der Waals surface area contributed by atoms with Crippen molar-refractivity contribution >= 4 is 18.1 Å². The van der Waals surface area contributed by atoms with Gasteiger partial charge in [-0.3, -0.25) is 0 Å². The summed E-state index contributed by atoms with van der Waals surface area (Å²) in [6, 6.07) is 0. The van der Waals surface area contributed by atoms with E-state index >= 15 is 0 Å². The molecule has 0 saturated carbocycles. The maximum absolute atomic E-state index is 5.43. The van der Waals surface area contributed by atoms with Crippen LogP contribution in [-0.2, 0) is 0 Å². The molecular formula is C9H20N6. The third kappa shape index (κ3) is 8.73. The van der Waals surface area contributed by atoms with Gasteiger partial charge in [0.25, 0.3) is 0 Å². The standard InChI is InChI=1S/C9H20N6/c1-2-3-4-5-6-7-13-8(10)14-9(11)15-12/h7H,2-6,12H2,1H3,(H4,10,11,14,15)/b13-7+. The summed E-state index contributed by atoms with van der Waals surface area (Å²) in [7, 11) is 0. The van der Waals surface area contributed by atoms with Gasteiger partial charge in [-0.1, -0.05) is 26.2 Å². The summed E-state index contributed by atoms with van der Waals surface area (Å²) in [6.45, 7) is 2.17. The van der Waals surface area contributed by atoms with Crippen molar-refractivity contribution in [2.24, 2.45) is 32.4 Å². The minimum absolute atomic E-state index is 0.0735. The fourth-order valence-corrected chi connectivity index (χ4v) is 0.996. The number of nitrogens with two attached hydrogens (primary N) is 3. The highest BCUT2D eigenvalue weighted by atomic mass is 15.2. The first-order valence-corrected chi connectivity index (χ1v) is 5.10. The topological polar surface area (TPSA) is 115 Å². The van der Waals surface area contributed by atoms with Gasteiger partial charge in [-0.2, -0.15) is 4.99 Å². The number of hydrogen-bond acceptors (Lipinski definition) is 2. The number of nitrogens with zero attached hydrogens (tertiary/aromatic N) is 3. The quantitative estimate of drug-likeness (QED) is 0.203. The molecule has 6 N–H and O–H groups in total. The second kappa shape index (κ2) is 8.98. The molecule has 0 spiro atoms. The normalized spacial score (nSPS) is 13.7. The molecule has 0 aromatic heterocycles. The third-order valence-electron chi connectivity index (χ3n) is 1.77. The van der Waals surface area contributed by atoms with E-state index in [0.29, 0.717) is 0 Å². The summed E-state index contributed by atoms with van der Waals surface area (Å²) in [5.41, 5.74) is 10.7. The maximum atomic E-state index is 5.43. The molecule has 0 amide bonds. The van der Waals surface area contributed by atoms with Crippen molar-refractivity contribution in [3.05, 3.63) is 0 Å². The molecule has 0 fully saturated rings. The smallest absolute Gasteiger partial charge is 0.240 e. The highest BCUT2D eigenvalue weighted by Gasteiger charge is 1.89. The number of unbranched alkanes of at least 4 members (excludes halogenated alkanes) is 4. The summed E-state index contributed by atoms with van der Waals surface area (Å²) in [4.78, 5) is 7.52. The SMILES string of the molecule is CCCCCC/C=N/C(N)=N\C(N)=N\N. The van der Waals surface area contributed by atoms with Crippen molar-refractivity contribution in [2.75, 3.05) is 0 Å². The van der Waals surface area contributed by atoms with Crippen LogP contribution in [0.2, 0.25) is 0 Å². The average Bonchev–Trinajstić information content (AvgIpc) is 2.23. The Morgan fingerprint density at radius 2 is 1.87 bits per heavy atom. The van der Waals surface area contributed by atoms with Crippen LogP contribution in [0.1, 0.15) is 39.0 Å². The predicted molar refractivity (Wildman–Crippen MR) is 64.7 cm³/mol. The lowest BCUT2D eigenvalue weighted by molar-refractivity contribution is 0.686. The Hall–Kier alpha value is -1.59. The zero-order valence-electron chi connectivity index (χ0n) is 9.19. The molecule has 0 aliphatic carbocycles. The Balaban J connectivity index is 3.72. The van der Waals surface area contributed by atoms with E-state index in [1.165, 1.54) is 19.3 Å². The van der Waals surface area contributed by atoms with Gasteiger partial charge < -0.3 is 17.3 Å². The molecule has 0 aliphatic heterocycles. The molecule has 0 aromatic carbocycles. The lowest BCUT2D eigenvalue weighted by Gasteiger charge is -1.94. The highest BCUT2D eigenvalue weighted by molar-refractivity contribution is 5.96. The summed E-state index contributed by atoms with van der Waals surface area (Å²) < 4.78 is 0. The van der Waals surface area contributed by atoms with E-state index in [9.17, 15) is 0 Å². The van der Waals surface area contributed by atoms with Gasteiger partial charge in [-0.15, -0.1) is 5.10 Å². The Kier molecular flexibility index (Phi) is 8.03. The predicted octanol–water partition coefficient (Wildman–Crippen LogP) is 0.531. The number of hydrazone groups is 1. The first-order valence-electron chi connectivity index (χ1n) is 5.10. The molecule has 6 nitrogen and oxygen atoms in total. The largest absolute Gasteiger partial charge is 0.368 e. The molecule has 86 valence electrons. The summed E-state index contributed by atoms with van der Waals surface area (Å²) in [6.07, 6.45) is 7.44. The van der Waals surface area contributed by atoms with Crippen LogP contribution in [0.3, 0.4) is 0 Å². The molecule has 0 aromatic rings. The van der Waals surface area contributed by atoms with Gasteiger partial charge in [0.15, 0.2) is 0 Å². The summed E-state index contributed by atoms with van der Waals surface area (Å²) in [5.74, 6) is 4.89. The summed E-state index contributed by atoms with van der Waals surface area (Å²) >= 11 is 0. The van der Waals surface area contributed by atoms with E-state index < -0.39 is 0 Å². The zero-order chi connectivity index (χ0) is 11.5. The van der Waals surface area contributed by atoms with Crippen LogP contribution < -0.4 is 17.3 Å². The van der Waals surface area contributed by atoms with E-state index in [4.69, 9.17) is 17.3 Å². The molecule has 0 aliphatic rings. The van der Waals surface area contributed by atoms with Gasteiger partial charge >= 0.3 is 0 Å². The fourth-order valence-electron chi connectivity index (χ4n) is 0.996. The van der Waals surface area contributed by atoms with Crippen LogP contribution in [0.15, 0.2) is 15.1 Å². The molecule has 0 unspecified atom stereocenters. The van der Waals surface area contributed by atoms with E-state index in [1.807, 2.05) is 0 Å². The molecule has 0 heterocycles. The second-order valence-electron chi connectivity index (χ2n) is 3.12. The molecule has 0 rings (SSSR count). The number of rotatable bonds is 5. The first kappa shape index (κ1) is 13.4. The van der Waals surface area contributed by atoms with Crippen molar-refractivity contribution in [3.63, 3.8) is 0 Å². The maximum Gasteiger partial charge on any atom is 0.240 e. The van der Waals surface area contributed by atoms with E-state index in [-0.39, 0.29) is 11.9 Å². The minimum Gasteiger partial charge on any atom is -0.368 e. The van der Waals surface area contributed by atoms with Crippen molar-refractivity contribution in [1.82, 2.24) is 0 Å². The van der Waals surface area contributed by atoms with Gasteiger partial charge in [0.2, 0.25) is 11.9 Å². The van der Waals surface area contributed by atoms with Crippen molar-refractivity contribution in [3.8, 4) is 0 Å². The van der Waals surface area contributed by atoms with Crippen LogP contribution in [0.5, 0.6) is 0 Å². The van der Waals surface area contributed by atoms with Gasteiger partial charge in [-0.05, 0) is 12.8 Å². The van der Waals surface area contributed by atoms with Gasteiger partial charge in [0.05, 0.1) is 0 Å². The number of aliphatic imine (C=N–C) groups is 2. The van der Waals surface area contributed by atoms with Gasteiger partial charge in [0.1, 0.15) is 0 Å². The van der Waals surface area contributed by atoms with Gasteiger partial charge in [0, 0.05) is 6.21 Å². The molecule has 15 heavy (non-hydrogen) atoms. The van der Waals surface area contributed by atoms with Crippen molar-refractivity contribution in [2.45, 2.75) is 39.0 Å². The van der Waals surface area contributed by atoms with E-state index in [0.717, 1.165) is 12.8 Å². The van der Waals surface area contributed by atoms with Crippen molar-refractivity contribution < 1.29 is 0 Å². The van der Waals surface area contributed by atoms with Crippen LogP contribution >= 0.6 is 0 Å². The van der Waals surface area contributed by atoms with Crippen LogP contribution in [0.25, 0.3) is 0 Å². The van der Waals surface area contributed by atoms with Crippen LogP contribution in [0, 0.1) is 0 Å². The minimum atomic E-state index is -0.0735. The molecule has 0 saturated heterocycles. The fraction of sp³-hybridized carbons (Fsp3) is 0.667. The Morgan fingerprint density at radius 3 is 2.47 bits per heavy atom. The monoisotopic (exact) mass is 212 g/mol. The third-order valence-corrected chi connectivity index (χ3v) is 1.77. The molecule has 6 heteroatoms. The molecule has 0 radical (unpaired) electrons. The van der Waals surface area contributed by atoms with E-state index in [1.54, 1.807) is 6.21 Å². The first-order chi connectivity index (χ1) is 7.20. The summed E-state index contributed by atoms with van der Waals surface area (Å²) in [5, 5.41) is 3.15. The zero-order valence-corrected chi connectivity index (χ0v) is 9.19. The van der Waals surface area contributed by atoms with Gasteiger partial charge in [-0.25, -0.2) is 4.99 Å². The van der Waals surface area contributed by atoms with E-state index in [2.05, 4.69) is 22.0 Å². The Labute approximate surface area is 90.3 Å². The molecular weight excluding hydrogens is 192 g/mol. The Bertz CT molecular complexity index is 243. The van der Waals surface area contributed by atoms with Crippen LogP contribution in [-0.4, -0.2) is 18.1 Å². The Morgan fingerprint density at radius 1 is 1.13 bits per heavy atom.